The molecule has 3 heteroatoms. The molecule has 0 aromatic heterocycles. The lowest BCUT2D eigenvalue weighted by molar-refractivity contribution is -0.145. The van der Waals surface area contributed by atoms with Gasteiger partial charge in [0.25, 0.3) is 0 Å². The van der Waals surface area contributed by atoms with Crippen LogP contribution in [-0.4, -0.2) is 28.6 Å². The average molecular weight is 289 g/mol. The molecule has 1 aliphatic heterocycles. The molecule has 1 aliphatic rings. The molecule has 0 saturated carbocycles. The fraction of sp³-hybridized carbons (Fsp3) is 0.611. The first-order valence-corrected chi connectivity index (χ1v) is 7.85. The van der Waals surface area contributed by atoms with E-state index in [1.54, 1.807) is 0 Å². The Morgan fingerprint density at radius 2 is 1.90 bits per heavy atom. The summed E-state index contributed by atoms with van der Waals surface area (Å²) in [7, 11) is 0. The highest BCUT2D eigenvalue weighted by Gasteiger charge is 2.32. The van der Waals surface area contributed by atoms with Gasteiger partial charge in [-0.25, -0.2) is 0 Å². The largest absolute Gasteiger partial charge is 0.481 e. The summed E-state index contributed by atoms with van der Waals surface area (Å²) in [5.41, 5.74) is 2.77. The second kappa shape index (κ2) is 6.18. The molecule has 1 aromatic rings. The van der Waals surface area contributed by atoms with Crippen LogP contribution in [0.4, 0.5) is 0 Å². The molecule has 116 valence electrons. The highest BCUT2D eigenvalue weighted by atomic mass is 16.4. The number of hydrogen-bond donors (Lipinski definition) is 1. The van der Waals surface area contributed by atoms with Crippen LogP contribution in [0.5, 0.6) is 0 Å². The van der Waals surface area contributed by atoms with Gasteiger partial charge in [0, 0.05) is 12.6 Å². The van der Waals surface area contributed by atoms with Crippen LogP contribution in [0.15, 0.2) is 24.3 Å². The SMILES string of the molecule is C[C@@H]1[C@H](C(=O)O)CCCN1Cc1ccc(C(C)(C)C)cc1. The molecule has 2 atom stereocenters. The van der Waals surface area contributed by atoms with Gasteiger partial charge in [-0.05, 0) is 42.9 Å². The van der Waals surface area contributed by atoms with E-state index in [-0.39, 0.29) is 17.4 Å². The first-order valence-electron chi connectivity index (χ1n) is 7.85. The maximum Gasteiger partial charge on any atom is 0.308 e. The molecule has 0 amide bonds. The number of aliphatic carboxylic acids is 1. The Kier molecular flexibility index (Phi) is 4.72. The Hall–Kier alpha value is -1.35. The second-order valence-electron chi connectivity index (χ2n) is 7.24. The molecule has 21 heavy (non-hydrogen) atoms. The lowest BCUT2D eigenvalue weighted by Gasteiger charge is -2.37. The monoisotopic (exact) mass is 289 g/mol. The van der Waals surface area contributed by atoms with Crippen molar-refractivity contribution in [3.63, 3.8) is 0 Å². The molecule has 2 rings (SSSR count). The summed E-state index contributed by atoms with van der Waals surface area (Å²) in [4.78, 5) is 13.6. The zero-order chi connectivity index (χ0) is 15.6. The van der Waals surface area contributed by atoms with Crippen molar-refractivity contribution in [3.05, 3.63) is 35.4 Å². The van der Waals surface area contributed by atoms with Gasteiger partial charge < -0.3 is 5.11 Å². The Morgan fingerprint density at radius 1 is 1.29 bits per heavy atom. The number of piperidine rings is 1. The molecular formula is C18H27NO2. The molecular weight excluding hydrogens is 262 g/mol. The topological polar surface area (TPSA) is 40.5 Å². The molecule has 1 saturated heterocycles. The Bertz CT molecular complexity index is 487. The summed E-state index contributed by atoms with van der Waals surface area (Å²) in [5.74, 6) is -0.886. The highest BCUT2D eigenvalue weighted by molar-refractivity contribution is 5.70. The molecule has 0 spiro atoms. The Morgan fingerprint density at radius 3 is 2.43 bits per heavy atom. The molecule has 1 N–H and O–H groups in total. The second-order valence-corrected chi connectivity index (χ2v) is 7.24. The van der Waals surface area contributed by atoms with Gasteiger partial charge in [0.15, 0.2) is 0 Å². The fourth-order valence-corrected chi connectivity index (χ4v) is 3.11. The predicted octanol–water partition coefficient (Wildman–Crippen LogP) is 3.67. The third-order valence-corrected chi connectivity index (χ3v) is 4.64. The number of likely N-dealkylation sites (tertiary alicyclic amines) is 1. The smallest absolute Gasteiger partial charge is 0.308 e. The molecule has 1 heterocycles. The summed E-state index contributed by atoms with van der Waals surface area (Å²) in [6.45, 7) is 10.5. The van der Waals surface area contributed by atoms with Crippen molar-refractivity contribution < 1.29 is 9.90 Å². The van der Waals surface area contributed by atoms with Gasteiger partial charge in [0.2, 0.25) is 0 Å². The van der Waals surface area contributed by atoms with Crippen LogP contribution in [0.1, 0.15) is 51.7 Å². The van der Waals surface area contributed by atoms with Gasteiger partial charge in [-0.1, -0.05) is 45.0 Å². The summed E-state index contributed by atoms with van der Waals surface area (Å²) < 4.78 is 0. The molecule has 1 aromatic carbocycles. The fourth-order valence-electron chi connectivity index (χ4n) is 3.11. The van der Waals surface area contributed by atoms with Crippen LogP contribution in [-0.2, 0) is 16.8 Å². The van der Waals surface area contributed by atoms with E-state index in [0.717, 1.165) is 25.9 Å². The van der Waals surface area contributed by atoms with E-state index in [1.165, 1.54) is 11.1 Å². The van der Waals surface area contributed by atoms with Crippen LogP contribution >= 0.6 is 0 Å². The van der Waals surface area contributed by atoms with Gasteiger partial charge in [0.05, 0.1) is 5.92 Å². The van der Waals surface area contributed by atoms with Crippen molar-refractivity contribution in [2.75, 3.05) is 6.54 Å². The van der Waals surface area contributed by atoms with E-state index >= 15 is 0 Å². The summed E-state index contributed by atoms with van der Waals surface area (Å²) >= 11 is 0. The molecule has 0 aliphatic carbocycles. The number of carbonyl (C=O) groups is 1. The summed E-state index contributed by atoms with van der Waals surface area (Å²) in [5, 5.41) is 9.29. The van der Waals surface area contributed by atoms with Crippen molar-refractivity contribution in [1.29, 1.82) is 0 Å². The van der Waals surface area contributed by atoms with Crippen molar-refractivity contribution in [2.45, 2.75) is 58.5 Å². The first-order chi connectivity index (χ1) is 9.79. The van der Waals surface area contributed by atoms with E-state index < -0.39 is 5.97 Å². The zero-order valence-electron chi connectivity index (χ0n) is 13.6. The van der Waals surface area contributed by atoms with Crippen molar-refractivity contribution in [1.82, 2.24) is 4.90 Å². The van der Waals surface area contributed by atoms with E-state index in [2.05, 4.69) is 49.9 Å². The van der Waals surface area contributed by atoms with E-state index in [4.69, 9.17) is 0 Å². The number of hydrogen-bond acceptors (Lipinski definition) is 2. The van der Waals surface area contributed by atoms with Gasteiger partial charge >= 0.3 is 5.97 Å². The van der Waals surface area contributed by atoms with Crippen LogP contribution in [0, 0.1) is 5.92 Å². The molecule has 0 unspecified atom stereocenters. The molecule has 0 radical (unpaired) electrons. The van der Waals surface area contributed by atoms with Crippen molar-refractivity contribution in [2.24, 2.45) is 5.92 Å². The van der Waals surface area contributed by atoms with Gasteiger partial charge in [-0.2, -0.15) is 0 Å². The summed E-state index contributed by atoms with van der Waals surface area (Å²) in [6.07, 6.45) is 1.78. The quantitative estimate of drug-likeness (QED) is 0.923. The average Bonchev–Trinajstić information content (AvgIpc) is 2.40. The number of carboxylic acid groups (broad SMARTS) is 1. The number of nitrogens with zero attached hydrogens (tertiary/aromatic N) is 1. The number of benzene rings is 1. The lowest BCUT2D eigenvalue weighted by atomic mass is 9.86. The minimum absolute atomic E-state index is 0.110. The highest BCUT2D eigenvalue weighted by Crippen LogP contribution is 2.26. The van der Waals surface area contributed by atoms with E-state index in [0.29, 0.717) is 0 Å². The maximum atomic E-state index is 11.3. The molecule has 3 nitrogen and oxygen atoms in total. The van der Waals surface area contributed by atoms with Crippen LogP contribution in [0.25, 0.3) is 0 Å². The van der Waals surface area contributed by atoms with Crippen molar-refractivity contribution in [3.8, 4) is 0 Å². The molecule has 1 fully saturated rings. The van der Waals surface area contributed by atoms with E-state index in [9.17, 15) is 9.90 Å². The minimum Gasteiger partial charge on any atom is -0.481 e. The minimum atomic E-state index is -0.657. The van der Waals surface area contributed by atoms with Crippen molar-refractivity contribution >= 4 is 5.97 Å². The maximum absolute atomic E-state index is 11.3. The van der Waals surface area contributed by atoms with Crippen LogP contribution in [0.3, 0.4) is 0 Å². The lowest BCUT2D eigenvalue weighted by Crippen LogP contribution is -2.45. The molecule has 0 bridgehead atoms. The summed E-state index contributed by atoms with van der Waals surface area (Å²) in [6, 6.07) is 8.85. The zero-order valence-corrected chi connectivity index (χ0v) is 13.6. The number of carboxylic acids is 1. The predicted molar refractivity (Wildman–Crippen MR) is 85.4 cm³/mol. The van der Waals surface area contributed by atoms with Crippen LogP contribution in [0.2, 0.25) is 0 Å². The normalized spacial score (nSPS) is 24.0. The third-order valence-electron chi connectivity index (χ3n) is 4.64. The van der Waals surface area contributed by atoms with Gasteiger partial charge in [0.1, 0.15) is 0 Å². The standard InChI is InChI=1S/C18H27NO2/c1-13-16(17(20)21)6-5-11-19(13)12-14-7-9-15(10-8-14)18(2,3)4/h7-10,13,16H,5-6,11-12H2,1-4H3,(H,20,21)/t13-,16-/m1/s1. The third kappa shape index (κ3) is 3.85. The number of rotatable bonds is 3. The van der Waals surface area contributed by atoms with Gasteiger partial charge in [-0.3, -0.25) is 9.69 Å². The Labute approximate surface area is 128 Å². The van der Waals surface area contributed by atoms with Gasteiger partial charge in [-0.15, -0.1) is 0 Å². The first kappa shape index (κ1) is 16.0. The van der Waals surface area contributed by atoms with Crippen LogP contribution < -0.4 is 0 Å². The Balaban J connectivity index is 2.05. The van der Waals surface area contributed by atoms with E-state index in [1.807, 2.05) is 6.92 Å².